The molecule has 2 aromatic heterocycles. The third-order valence-corrected chi connectivity index (χ3v) is 4.59. The Morgan fingerprint density at radius 3 is 2.48 bits per heavy atom. The molecule has 0 spiro atoms. The van der Waals surface area contributed by atoms with Crippen molar-refractivity contribution in [3.05, 3.63) is 60.3 Å². The first kappa shape index (κ1) is 17.2. The van der Waals surface area contributed by atoms with Crippen LogP contribution in [0.4, 0.5) is 18.3 Å². The number of para-hydroxylation sites is 1. The number of alkyl halides is 3. The van der Waals surface area contributed by atoms with Gasteiger partial charge in [-0.25, -0.2) is 9.97 Å². The maximum atomic E-state index is 12.7. The van der Waals surface area contributed by atoms with Gasteiger partial charge in [0.1, 0.15) is 5.52 Å². The van der Waals surface area contributed by atoms with E-state index in [1.54, 1.807) is 18.2 Å². The maximum Gasteiger partial charge on any atom is 0.416 e. The van der Waals surface area contributed by atoms with Gasteiger partial charge >= 0.3 is 12.2 Å². The average molecular weight is 388 g/mol. The van der Waals surface area contributed by atoms with Crippen LogP contribution < -0.4 is 10.5 Å². The molecule has 0 amide bonds. The molecule has 2 aromatic carbocycles. The van der Waals surface area contributed by atoms with Gasteiger partial charge in [-0.3, -0.25) is 0 Å². The fourth-order valence-electron chi connectivity index (χ4n) is 2.50. The number of hydrogen-bond donors (Lipinski definition) is 1. The van der Waals surface area contributed by atoms with E-state index in [1.165, 1.54) is 29.7 Å². The minimum absolute atomic E-state index is 0.0615. The standard InChI is InChI=1S/C18H11F3N4OS/c19-18(20,21)11-6-4-10(5-7-11)12-8-9-23-17(24-12)26-13-2-1-3-14-15(13)25-16(22)27-14/h1-9H,(H2,22,25). The zero-order valence-electron chi connectivity index (χ0n) is 13.6. The predicted molar refractivity (Wildman–Crippen MR) is 96.6 cm³/mol. The lowest BCUT2D eigenvalue weighted by molar-refractivity contribution is -0.137. The number of anilines is 1. The second-order valence-corrected chi connectivity index (χ2v) is 6.62. The van der Waals surface area contributed by atoms with E-state index >= 15 is 0 Å². The normalized spacial score (nSPS) is 11.7. The van der Waals surface area contributed by atoms with E-state index in [9.17, 15) is 13.2 Å². The first-order valence-corrected chi connectivity index (χ1v) is 8.55. The van der Waals surface area contributed by atoms with Crippen molar-refractivity contribution < 1.29 is 17.9 Å². The molecule has 0 bridgehead atoms. The second-order valence-electron chi connectivity index (χ2n) is 5.56. The molecule has 5 nitrogen and oxygen atoms in total. The number of hydrogen-bond acceptors (Lipinski definition) is 6. The molecular weight excluding hydrogens is 377 g/mol. The lowest BCUT2D eigenvalue weighted by Crippen LogP contribution is -2.04. The van der Waals surface area contributed by atoms with Crippen molar-refractivity contribution in [1.82, 2.24) is 15.0 Å². The number of benzene rings is 2. The number of thiazole rings is 1. The minimum atomic E-state index is -4.38. The van der Waals surface area contributed by atoms with E-state index < -0.39 is 11.7 Å². The molecular formula is C18H11F3N4OS. The van der Waals surface area contributed by atoms with Crippen molar-refractivity contribution >= 4 is 26.7 Å². The van der Waals surface area contributed by atoms with Gasteiger partial charge in [-0.2, -0.15) is 18.2 Å². The molecule has 9 heteroatoms. The van der Waals surface area contributed by atoms with E-state index in [1.807, 2.05) is 6.07 Å². The Labute approximate surface area is 155 Å². The van der Waals surface area contributed by atoms with Crippen LogP contribution in [0.15, 0.2) is 54.7 Å². The maximum absolute atomic E-state index is 12.7. The Morgan fingerprint density at radius 2 is 1.74 bits per heavy atom. The summed E-state index contributed by atoms with van der Waals surface area (Å²) < 4.78 is 44.7. The largest absolute Gasteiger partial charge is 0.422 e. The number of nitrogen functional groups attached to an aromatic ring is 1. The molecule has 2 heterocycles. The summed E-state index contributed by atoms with van der Waals surface area (Å²) in [5.74, 6) is 0.449. The second kappa shape index (κ2) is 6.51. The third-order valence-electron chi connectivity index (χ3n) is 3.74. The van der Waals surface area contributed by atoms with Crippen molar-refractivity contribution in [2.45, 2.75) is 6.18 Å². The smallest absolute Gasteiger partial charge is 0.416 e. The van der Waals surface area contributed by atoms with Gasteiger partial charge in [-0.1, -0.05) is 29.5 Å². The molecule has 0 saturated carbocycles. The van der Waals surface area contributed by atoms with E-state index in [0.29, 0.717) is 27.7 Å². The van der Waals surface area contributed by atoms with Crippen LogP contribution in [0.5, 0.6) is 11.8 Å². The molecule has 0 fully saturated rings. The average Bonchev–Trinajstić information content (AvgIpc) is 3.03. The molecule has 4 aromatic rings. The number of fused-ring (bicyclic) bond motifs is 1. The molecule has 0 aliphatic heterocycles. The molecule has 27 heavy (non-hydrogen) atoms. The van der Waals surface area contributed by atoms with Crippen molar-refractivity contribution in [3.63, 3.8) is 0 Å². The molecule has 0 aliphatic rings. The molecule has 0 atom stereocenters. The summed E-state index contributed by atoms with van der Waals surface area (Å²) in [6.45, 7) is 0. The highest BCUT2D eigenvalue weighted by Gasteiger charge is 2.30. The van der Waals surface area contributed by atoms with Crippen LogP contribution in [0, 0.1) is 0 Å². The van der Waals surface area contributed by atoms with Gasteiger partial charge in [0.15, 0.2) is 10.9 Å². The van der Waals surface area contributed by atoms with Gasteiger partial charge in [0.2, 0.25) is 0 Å². The van der Waals surface area contributed by atoms with Gasteiger partial charge in [0.25, 0.3) is 0 Å². The number of aromatic nitrogens is 3. The molecule has 0 aliphatic carbocycles. The van der Waals surface area contributed by atoms with Crippen molar-refractivity contribution in [1.29, 1.82) is 0 Å². The Kier molecular flexibility index (Phi) is 4.15. The topological polar surface area (TPSA) is 73.9 Å². The van der Waals surface area contributed by atoms with Crippen LogP contribution >= 0.6 is 11.3 Å². The van der Waals surface area contributed by atoms with E-state index in [-0.39, 0.29) is 6.01 Å². The summed E-state index contributed by atoms with van der Waals surface area (Å²) in [6, 6.07) is 11.8. The molecule has 0 unspecified atom stereocenters. The van der Waals surface area contributed by atoms with E-state index in [4.69, 9.17) is 10.5 Å². The fraction of sp³-hybridized carbons (Fsp3) is 0.0556. The number of nitrogens with two attached hydrogens (primary N) is 1. The minimum Gasteiger partial charge on any atom is -0.422 e. The van der Waals surface area contributed by atoms with Crippen LogP contribution in [0.25, 0.3) is 21.5 Å². The van der Waals surface area contributed by atoms with Crippen molar-refractivity contribution in [3.8, 4) is 23.0 Å². The first-order valence-electron chi connectivity index (χ1n) is 7.74. The number of nitrogens with zero attached hydrogens (tertiary/aromatic N) is 3. The van der Waals surface area contributed by atoms with Gasteiger partial charge < -0.3 is 10.5 Å². The Balaban J connectivity index is 1.64. The Hall–Kier alpha value is -3.20. The molecule has 0 radical (unpaired) electrons. The number of rotatable bonds is 3. The van der Waals surface area contributed by atoms with E-state index in [0.717, 1.165) is 16.8 Å². The van der Waals surface area contributed by atoms with Crippen LogP contribution in [-0.4, -0.2) is 15.0 Å². The van der Waals surface area contributed by atoms with E-state index in [2.05, 4.69) is 15.0 Å². The number of halogens is 3. The third kappa shape index (κ3) is 3.54. The van der Waals surface area contributed by atoms with Crippen LogP contribution in [-0.2, 0) is 6.18 Å². The molecule has 4 rings (SSSR count). The van der Waals surface area contributed by atoms with Crippen LogP contribution in [0.3, 0.4) is 0 Å². The highest BCUT2D eigenvalue weighted by atomic mass is 32.1. The summed E-state index contributed by atoms with van der Waals surface area (Å²) in [4.78, 5) is 12.6. The summed E-state index contributed by atoms with van der Waals surface area (Å²) in [6.07, 6.45) is -2.91. The van der Waals surface area contributed by atoms with Gasteiger partial charge in [0.05, 0.1) is 16.0 Å². The highest BCUT2D eigenvalue weighted by molar-refractivity contribution is 7.22. The number of ether oxygens (including phenoxy) is 1. The molecule has 2 N–H and O–H groups in total. The fourth-order valence-corrected chi connectivity index (χ4v) is 3.25. The lowest BCUT2D eigenvalue weighted by Gasteiger charge is -2.08. The van der Waals surface area contributed by atoms with Gasteiger partial charge in [-0.05, 0) is 30.3 Å². The van der Waals surface area contributed by atoms with Crippen molar-refractivity contribution in [2.75, 3.05) is 5.73 Å². The Morgan fingerprint density at radius 1 is 0.963 bits per heavy atom. The zero-order valence-corrected chi connectivity index (χ0v) is 14.4. The summed E-state index contributed by atoms with van der Waals surface area (Å²) in [5, 5.41) is 0.417. The molecule has 0 saturated heterocycles. The zero-order chi connectivity index (χ0) is 19.0. The summed E-state index contributed by atoms with van der Waals surface area (Å²) >= 11 is 1.33. The van der Waals surface area contributed by atoms with Crippen molar-refractivity contribution in [2.24, 2.45) is 0 Å². The van der Waals surface area contributed by atoms with Crippen LogP contribution in [0.2, 0.25) is 0 Å². The van der Waals surface area contributed by atoms with Gasteiger partial charge in [-0.15, -0.1) is 0 Å². The highest BCUT2D eigenvalue weighted by Crippen LogP contribution is 2.33. The first-order chi connectivity index (χ1) is 12.9. The summed E-state index contributed by atoms with van der Waals surface area (Å²) in [5.41, 5.74) is 6.58. The lowest BCUT2D eigenvalue weighted by atomic mass is 10.1. The molecule has 136 valence electrons. The Bertz CT molecular complexity index is 1110. The van der Waals surface area contributed by atoms with Gasteiger partial charge in [0, 0.05) is 11.8 Å². The summed E-state index contributed by atoms with van der Waals surface area (Å²) in [7, 11) is 0. The SMILES string of the molecule is Nc1nc2c(Oc3nccc(-c4ccc(C(F)(F)F)cc4)n3)cccc2s1. The van der Waals surface area contributed by atoms with Crippen LogP contribution in [0.1, 0.15) is 5.56 Å². The quantitative estimate of drug-likeness (QED) is 0.526. The predicted octanol–water partition coefficient (Wildman–Crippen LogP) is 5.15. The monoisotopic (exact) mass is 388 g/mol.